The minimum atomic E-state index is 0.638. The minimum absolute atomic E-state index is 0.638. The van der Waals surface area contributed by atoms with Gasteiger partial charge in [-0.3, -0.25) is 5.41 Å². The molecule has 0 spiro atoms. The lowest BCUT2D eigenvalue weighted by molar-refractivity contribution is 0.237. The summed E-state index contributed by atoms with van der Waals surface area (Å²) in [6, 6.07) is 0.638. The summed E-state index contributed by atoms with van der Waals surface area (Å²) in [6.45, 7) is 4.20. The molecule has 0 unspecified atom stereocenters. The van der Waals surface area contributed by atoms with Crippen molar-refractivity contribution in [1.29, 1.82) is 5.41 Å². The number of amidine groups is 1. The van der Waals surface area contributed by atoms with E-state index in [4.69, 9.17) is 5.41 Å². The summed E-state index contributed by atoms with van der Waals surface area (Å²) in [4.78, 5) is 2.12. The fourth-order valence-corrected chi connectivity index (χ4v) is 1.90. The maximum Gasteiger partial charge on any atom is 0.0925 e. The Kier molecular flexibility index (Phi) is 3.12. The van der Waals surface area contributed by atoms with Crippen LogP contribution in [0.25, 0.3) is 0 Å². The van der Waals surface area contributed by atoms with Crippen LogP contribution in [0.1, 0.15) is 39.5 Å². The molecule has 0 amide bonds. The molecule has 1 aliphatic rings. The number of hydrogen-bond acceptors (Lipinski definition) is 1. The van der Waals surface area contributed by atoms with E-state index in [1.807, 2.05) is 14.0 Å². The summed E-state index contributed by atoms with van der Waals surface area (Å²) in [5.74, 6) is 1.61. The van der Waals surface area contributed by atoms with Gasteiger partial charge in [-0.1, -0.05) is 6.92 Å². The van der Waals surface area contributed by atoms with Crippen molar-refractivity contribution in [3.05, 3.63) is 0 Å². The van der Waals surface area contributed by atoms with Gasteiger partial charge in [0.15, 0.2) is 0 Å². The Morgan fingerprint density at radius 2 is 1.75 bits per heavy atom. The van der Waals surface area contributed by atoms with E-state index in [2.05, 4.69) is 11.8 Å². The smallest absolute Gasteiger partial charge is 0.0925 e. The molecule has 0 saturated heterocycles. The Hall–Kier alpha value is -0.530. The third-order valence-corrected chi connectivity index (χ3v) is 3.06. The standard InChI is InChI=1S/C10H20N2/c1-8-4-6-10(7-5-8)12(3)9(2)11/h8,10-11H,4-7H2,1-3H3. The first kappa shape index (κ1) is 9.56. The number of rotatable bonds is 1. The molecule has 12 heavy (non-hydrogen) atoms. The Balaban J connectivity index is 2.39. The Labute approximate surface area is 75.5 Å². The van der Waals surface area contributed by atoms with Crippen molar-refractivity contribution >= 4 is 5.84 Å². The van der Waals surface area contributed by atoms with E-state index in [1.165, 1.54) is 25.7 Å². The van der Waals surface area contributed by atoms with E-state index < -0.39 is 0 Å². The molecular weight excluding hydrogens is 148 g/mol. The van der Waals surface area contributed by atoms with E-state index in [1.54, 1.807) is 0 Å². The molecule has 0 atom stereocenters. The Bertz CT molecular complexity index is 157. The third kappa shape index (κ3) is 2.23. The van der Waals surface area contributed by atoms with Crippen molar-refractivity contribution in [3.63, 3.8) is 0 Å². The lowest BCUT2D eigenvalue weighted by atomic mass is 9.87. The molecule has 1 aliphatic carbocycles. The molecule has 0 aromatic carbocycles. The molecule has 0 aromatic rings. The average molecular weight is 168 g/mol. The molecular formula is C10H20N2. The molecule has 70 valence electrons. The van der Waals surface area contributed by atoms with Gasteiger partial charge in [0.25, 0.3) is 0 Å². The quantitative estimate of drug-likeness (QED) is 0.472. The molecule has 0 heterocycles. The molecule has 1 N–H and O–H groups in total. The topological polar surface area (TPSA) is 27.1 Å². The van der Waals surface area contributed by atoms with Crippen LogP contribution in [0.2, 0.25) is 0 Å². The molecule has 0 radical (unpaired) electrons. The largest absolute Gasteiger partial charge is 0.361 e. The lowest BCUT2D eigenvalue weighted by Crippen LogP contribution is -2.37. The van der Waals surface area contributed by atoms with Crippen molar-refractivity contribution in [3.8, 4) is 0 Å². The molecule has 1 fully saturated rings. The molecule has 0 bridgehead atoms. The Morgan fingerprint density at radius 1 is 1.25 bits per heavy atom. The molecule has 0 aliphatic heterocycles. The van der Waals surface area contributed by atoms with Crippen LogP contribution in [0.5, 0.6) is 0 Å². The molecule has 2 heteroatoms. The van der Waals surface area contributed by atoms with Crippen LogP contribution < -0.4 is 0 Å². The van der Waals surface area contributed by atoms with E-state index in [0.717, 1.165) is 5.92 Å². The van der Waals surface area contributed by atoms with E-state index >= 15 is 0 Å². The summed E-state index contributed by atoms with van der Waals surface area (Å²) >= 11 is 0. The van der Waals surface area contributed by atoms with Gasteiger partial charge in [-0.15, -0.1) is 0 Å². The minimum Gasteiger partial charge on any atom is -0.361 e. The van der Waals surface area contributed by atoms with E-state index in [0.29, 0.717) is 11.9 Å². The number of hydrogen-bond donors (Lipinski definition) is 1. The number of nitrogens with one attached hydrogen (secondary N) is 1. The van der Waals surface area contributed by atoms with Crippen LogP contribution in [0, 0.1) is 11.3 Å². The summed E-state index contributed by atoms with van der Waals surface area (Å²) < 4.78 is 0. The van der Waals surface area contributed by atoms with Gasteiger partial charge < -0.3 is 4.90 Å². The Morgan fingerprint density at radius 3 is 2.17 bits per heavy atom. The van der Waals surface area contributed by atoms with Gasteiger partial charge in [-0.2, -0.15) is 0 Å². The fraction of sp³-hybridized carbons (Fsp3) is 0.900. The molecule has 0 aromatic heterocycles. The summed E-state index contributed by atoms with van der Waals surface area (Å²) in [7, 11) is 2.04. The zero-order valence-electron chi connectivity index (χ0n) is 8.43. The van der Waals surface area contributed by atoms with Crippen LogP contribution in [-0.4, -0.2) is 23.8 Å². The SMILES string of the molecule is CC(=N)N(C)C1CCC(C)CC1. The predicted molar refractivity (Wildman–Crippen MR) is 52.6 cm³/mol. The first-order valence-electron chi connectivity index (χ1n) is 4.89. The van der Waals surface area contributed by atoms with Gasteiger partial charge in [-0.05, 0) is 38.5 Å². The third-order valence-electron chi connectivity index (χ3n) is 3.06. The van der Waals surface area contributed by atoms with Crippen LogP contribution >= 0.6 is 0 Å². The summed E-state index contributed by atoms with van der Waals surface area (Å²) in [5.41, 5.74) is 0. The zero-order chi connectivity index (χ0) is 9.14. The van der Waals surface area contributed by atoms with Crippen LogP contribution in [0.4, 0.5) is 0 Å². The maximum atomic E-state index is 7.51. The van der Waals surface area contributed by atoms with Gasteiger partial charge in [0, 0.05) is 13.1 Å². The van der Waals surface area contributed by atoms with Gasteiger partial charge in [-0.25, -0.2) is 0 Å². The monoisotopic (exact) mass is 168 g/mol. The van der Waals surface area contributed by atoms with Crippen molar-refractivity contribution < 1.29 is 0 Å². The van der Waals surface area contributed by atoms with Gasteiger partial charge in [0.2, 0.25) is 0 Å². The highest BCUT2D eigenvalue weighted by Crippen LogP contribution is 2.26. The molecule has 1 saturated carbocycles. The van der Waals surface area contributed by atoms with E-state index in [-0.39, 0.29) is 0 Å². The van der Waals surface area contributed by atoms with E-state index in [9.17, 15) is 0 Å². The average Bonchev–Trinajstić information content (AvgIpc) is 2.04. The number of nitrogens with zero attached hydrogens (tertiary/aromatic N) is 1. The maximum absolute atomic E-state index is 7.51. The highest BCUT2D eigenvalue weighted by Gasteiger charge is 2.21. The second-order valence-electron chi connectivity index (χ2n) is 4.11. The lowest BCUT2D eigenvalue weighted by Gasteiger charge is -2.34. The van der Waals surface area contributed by atoms with Gasteiger partial charge in [0.1, 0.15) is 0 Å². The van der Waals surface area contributed by atoms with Crippen molar-refractivity contribution in [2.24, 2.45) is 5.92 Å². The molecule has 2 nitrogen and oxygen atoms in total. The zero-order valence-corrected chi connectivity index (χ0v) is 8.43. The highest BCUT2D eigenvalue weighted by molar-refractivity contribution is 5.76. The summed E-state index contributed by atoms with van der Waals surface area (Å²) in [5, 5.41) is 7.51. The molecule has 1 rings (SSSR count). The van der Waals surface area contributed by atoms with Gasteiger partial charge in [0.05, 0.1) is 5.84 Å². The second-order valence-corrected chi connectivity index (χ2v) is 4.11. The normalized spacial score (nSPS) is 29.9. The van der Waals surface area contributed by atoms with Crippen LogP contribution in [-0.2, 0) is 0 Å². The van der Waals surface area contributed by atoms with Crippen LogP contribution in [0.15, 0.2) is 0 Å². The van der Waals surface area contributed by atoms with Crippen molar-refractivity contribution in [1.82, 2.24) is 4.90 Å². The predicted octanol–water partition coefficient (Wildman–Crippen LogP) is 2.49. The van der Waals surface area contributed by atoms with Crippen molar-refractivity contribution in [2.45, 2.75) is 45.6 Å². The fourth-order valence-electron chi connectivity index (χ4n) is 1.90. The van der Waals surface area contributed by atoms with Gasteiger partial charge >= 0.3 is 0 Å². The second kappa shape index (κ2) is 3.92. The summed E-state index contributed by atoms with van der Waals surface area (Å²) in [6.07, 6.45) is 5.21. The first-order valence-corrected chi connectivity index (χ1v) is 4.89. The first-order chi connectivity index (χ1) is 5.61. The highest BCUT2D eigenvalue weighted by atomic mass is 15.2. The van der Waals surface area contributed by atoms with Crippen molar-refractivity contribution in [2.75, 3.05) is 7.05 Å². The van der Waals surface area contributed by atoms with Crippen LogP contribution in [0.3, 0.4) is 0 Å².